The van der Waals surface area contributed by atoms with E-state index in [0.29, 0.717) is 43.1 Å². The van der Waals surface area contributed by atoms with Gasteiger partial charge in [0.2, 0.25) is 11.8 Å². The number of aryl methyl sites for hydroxylation is 2. The number of anilines is 2. The molecule has 0 radical (unpaired) electrons. The molecule has 0 saturated carbocycles. The summed E-state index contributed by atoms with van der Waals surface area (Å²) in [5.74, 6) is 0.444. The summed E-state index contributed by atoms with van der Waals surface area (Å²) in [5.41, 5.74) is 5.22. The van der Waals surface area contributed by atoms with Gasteiger partial charge in [-0.25, -0.2) is 9.78 Å². The average Bonchev–Trinajstić information content (AvgIpc) is 3.20. The number of hydrogen-bond acceptors (Lipinski definition) is 7. The van der Waals surface area contributed by atoms with E-state index in [-0.39, 0.29) is 5.91 Å². The molecule has 3 amide bonds. The molecule has 1 unspecified atom stereocenters. The third kappa shape index (κ3) is 6.35. The van der Waals surface area contributed by atoms with Crippen LogP contribution in [0.3, 0.4) is 0 Å². The summed E-state index contributed by atoms with van der Waals surface area (Å²) >= 11 is 0. The Bertz CT molecular complexity index is 1630. The van der Waals surface area contributed by atoms with Crippen LogP contribution < -0.4 is 16.0 Å². The number of furan rings is 1. The van der Waals surface area contributed by atoms with E-state index in [2.05, 4.69) is 32.0 Å². The summed E-state index contributed by atoms with van der Waals surface area (Å²) in [6, 6.07) is 10.8. The summed E-state index contributed by atoms with van der Waals surface area (Å²) in [5, 5.41) is 18.3. The van der Waals surface area contributed by atoms with Crippen molar-refractivity contribution in [3.63, 3.8) is 0 Å². The molecule has 210 valence electrons. The van der Waals surface area contributed by atoms with Crippen molar-refractivity contribution < 1.29 is 23.9 Å². The normalized spacial score (nSPS) is 14.8. The van der Waals surface area contributed by atoms with Gasteiger partial charge in [-0.3, -0.25) is 14.6 Å². The van der Waals surface area contributed by atoms with E-state index in [4.69, 9.17) is 9.52 Å². The molecule has 1 aliphatic rings. The molecule has 0 spiro atoms. The quantitative estimate of drug-likeness (QED) is 0.235. The maximum Gasteiger partial charge on any atom is 0.405 e. The van der Waals surface area contributed by atoms with Gasteiger partial charge in [-0.05, 0) is 66.8 Å². The van der Waals surface area contributed by atoms with Crippen molar-refractivity contribution >= 4 is 46.5 Å². The highest BCUT2D eigenvalue weighted by Crippen LogP contribution is 2.30. The number of nitrogens with zero attached hydrogens (tertiary/aromatic N) is 3. The van der Waals surface area contributed by atoms with Gasteiger partial charge in [0.1, 0.15) is 23.2 Å². The van der Waals surface area contributed by atoms with Gasteiger partial charge < -0.3 is 30.4 Å². The lowest BCUT2D eigenvalue weighted by atomic mass is 10.1. The monoisotopic (exact) mass is 554 g/mol. The van der Waals surface area contributed by atoms with Crippen LogP contribution in [0.4, 0.5) is 16.3 Å². The van der Waals surface area contributed by atoms with E-state index < -0.39 is 18.0 Å². The number of carboxylic acid groups (broad SMARTS) is 1. The molecule has 11 heteroatoms. The molecule has 5 rings (SSSR count). The number of aromatic nitrogens is 2. The van der Waals surface area contributed by atoms with Crippen LogP contribution in [0, 0.1) is 6.92 Å². The molecule has 0 fully saturated rings. The highest BCUT2D eigenvalue weighted by molar-refractivity contribution is 5.97. The van der Waals surface area contributed by atoms with Crippen LogP contribution in [0.5, 0.6) is 0 Å². The van der Waals surface area contributed by atoms with Crippen molar-refractivity contribution in [2.24, 2.45) is 0 Å². The predicted octanol–water partition coefficient (Wildman–Crippen LogP) is 4.34. The van der Waals surface area contributed by atoms with Crippen LogP contribution in [0.1, 0.15) is 34.4 Å². The standard InChI is InChI=1S/C30H30N6O5/c1-18-25(41-24-7-3-5-21(27(18)24)15-32-22-6-4-12-31-16-22)17-36(2)26(37)11-8-19-13-20-9-10-23(34-30(39)40)29(38)35-28(20)33-14-19/h3-8,11-14,16,23,32,34H,9-10,15,17H2,1-2H3,(H,39,40)(H,33,35,38). The minimum atomic E-state index is -1.26. The average molecular weight is 555 g/mol. The number of fused-ring (bicyclic) bond motifs is 2. The number of nitrogens with one attached hydrogen (secondary N) is 3. The molecule has 1 aromatic carbocycles. The Labute approximate surface area is 236 Å². The van der Waals surface area contributed by atoms with E-state index in [1.54, 1.807) is 36.6 Å². The SMILES string of the molecule is Cc1c(CN(C)C(=O)C=Cc2cnc3c(c2)CCC(NC(=O)O)C(=O)N3)oc2cccc(CNc3cccnc3)c12. The van der Waals surface area contributed by atoms with E-state index >= 15 is 0 Å². The van der Waals surface area contributed by atoms with Gasteiger partial charge in [0.25, 0.3) is 0 Å². The van der Waals surface area contributed by atoms with Gasteiger partial charge >= 0.3 is 6.09 Å². The van der Waals surface area contributed by atoms with Crippen LogP contribution in [0.15, 0.2) is 65.5 Å². The molecule has 11 nitrogen and oxygen atoms in total. The Morgan fingerprint density at radius 3 is 2.88 bits per heavy atom. The number of benzene rings is 1. The third-order valence-electron chi connectivity index (χ3n) is 7.00. The van der Waals surface area contributed by atoms with Gasteiger partial charge in [-0.1, -0.05) is 12.1 Å². The molecule has 41 heavy (non-hydrogen) atoms. The zero-order chi connectivity index (χ0) is 28.9. The number of hydrogen-bond donors (Lipinski definition) is 4. The van der Waals surface area contributed by atoms with Gasteiger partial charge in [0, 0.05) is 49.2 Å². The largest absolute Gasteiger partial charge is 0.465 e. The van der Waals surface area contributed by atoms with Crippen LogP contribution >= 0.6 is 0 Å². The number of carbonyl (C=O) groups is 3. The number of amides is 3. The van der Waals surface area contributed by atoms with Gasteiger partial charge in [0.05, 0.1) is 12.2 Å². The lowest BCUT2D eigenvalue weighted by Gasteiger charge is -2.14. The maximum atomic E-state index is 12.9. The third-order valence-corrected chi connectivity index (χ3v) is 7.00. The predicted molar refractivity (Wildman–Crippen MR) is 154 cm³/mol. The van der Waals surface area contributed by atoms with Crippen LogP contribution in [-0.4, -0.2) is 51.0 Å². The maximum absolute atomic E-state index is 12.9. The molecular formula is C30H30N6O5. The fourth-order valence-corrected chi connectivity index (χ4v) is 4.83. The lowest BCUT2D eigenvalue weighted by Crippen LogP contribution is -2.42. The fraction of sp³-hybridized carbons (Fsp3) is 0.233. The molecule has 1 atom stereocenters. The van der Waals surface area contributed by atoms with Crippen molar-refractivity contribution in [2.45, 2.75) is 38.9 Å². The summed E-state index contributed by atoms with van der Waals surface area (Å²) < 4.78 is 6.15. The molecule has 1 aliphatic heterocycles. The summed E-state index contributed by atoms with van der Waals surface area (Å²) in [6.07, 6.45) is 7.69. The smallest absolute Gasteiger partial charge is 0.405 e. The summed E-state index contributed by atoms with van der Waals surface area (Å²) in [4.78, 5) is 46.2. The first-order chi connectivity index (χ1) is 19.8. The Hall–Kier alpha value is -5.19. The second-order valence-corrected chi connectivity index (χ2v) is 9.87. The van der Waals surface area contributed by atoms with Crippen molar-refractivity contribution in [3.8, 4) is 0 Å². The van der Waals surface area contributed by atoms with E-state index in [1.807, 2.05) is 37.3 Å². The van der Waals surface area contributed by atoms with Crippen molar-refractivity contribution in [2.75, 3.05) is 17.7 Å². The first kappa shape index (κ1) is 27.4. The topological polar surface area (TPSA) is 150 Å². The lowest BCUT2D eigenvalue weighted by molar-refractivity contribution is -0.125. The second kappa shape index (κ2) is 11.9. The van der Waals surface area contributed by atoms with Crippen LogP contribution in [0.2, 0.25) is 0 Å². The number of pyridine rings is 2. The Kier molecular flexibility index (Phi) is 7.95. The Morgan fingerprint density at radius 2 is 2.10 bits per heavy atom. The first-order valence-corrected chi connectivity index (χ1v) is 13.1. The molecule has 0 saturated heterocycles. The van der Waals surface area contributed by atoms with Crippen LogP contribution in [0.25, 0.3) is 17.0 Å². The fourth-order valence-electron chi connectivity index (χ4n) is 4.83. The minimum Gasteiger partial charge on any atom is -0.465 e. The molecule has 3 aromatic heterocycles. The van der Waals surface area contributed by atoms with E-state index in [1.165, 1.54) is 6.08 Å². The number of carbonyl (C=O) groups excluding carboxylic acids is 2. The highest BCUT2D eigenvalue weighted by Gasteiger charge is 2.25. The minimum absolute atomic E-state index is 0.211. The molecule has 0 aliphatic carbocycles. The number of rotatable bonds is 8. The summed E-state index contributed by atoms with van der Waals surface area (Å²) in [7, 11) is 1.71. The Balaban J connectivity index is 1.25. The molecule has 4 N–H and O–H groups in total. The molecular weight excluding hydrogens is 524 g/mol. The second-order valence-electron chi connectivity index (χ2n) is 9.87. The van der Waals surface area contributed by atoms with Gasteiger partial charge in [-0.15, -0.1) is 0 Å². The van der Waals surface area contributed by atoms with E-state index in [0.717, 1.165) is 33.3 Å². The molecule has 4 heterocycles. The van der Waals surface area contributed by atoms with Crippen molar-refractivity contribution in [1.82, 2.24) is 20.2 Å². The first-order valence-electron chi connectivity index (χ1n) is 13.1. The highest BCUT2D eigenvalue weighted by atomic mass is 16.4. The summed E-state index contributed by atoms with van der Waals surface area (Å²) in [6.45, 7) is 2.90. The molecule has 4 aromatic rings. The van der Waals surface area contributed by atoms with Gasteiger partial charge in [0.15, 0.2) is 0 Å². The number of likely N-dealkylation sites (N-methyl/N-ethyl adjacent to an activating group) is 1. The van der Waals surface area contributed by atoms with Crippen molar-refractivity contribution in [1.29, 1.82) is 0 Å². The van der Waals surface area contributed by atoms with Crippen LogP contribution in [-0.2, 0) is 29.1 Å². The Morgan fingerprint density at radius 1 is 1.24 bits per heavy atom. The van der Waals surface area contributed by atoms with Gasteiger partial charge in [-0.2, -0.15) is 0 Å². The van der Waals surface area contributed by atoms with E-state index in [9.17, 15) is 14.4 Å². The molecule has 0 bridgehead atoms. The zero-order valence-electron chi connectivity index (χ0n) is 22.7. The zero-order valence-corrected chi connectivity index (χ0v) is 22.7. The van der Waals surface area contributed by atoms with Crippen molar-refractivity contribution in [3.05, 3.63) is 89.1 Å².